The Balaban J connectivity index is 1.84. The Kier molecular flexibility index (Phi) is 4.12. The fourth-order valence-electron chi connectivity index (χ4n) is 1.51. The van der Waals surface area contributed by atoms with Crippen LogP contribution in [-0.4, -0.2) is 11.7 Å². The molecule has 2 aromatic rings. The van der Waals surface area contributed by atoms with Gasteiger partial charge in [-0.05, 0) is 29.8 Å². The first-order valence-electron chi connectivity index (χ1n) is 5.25. The number of aliphatic hydroxyl groups excluding tert-OH is 1. The summed E-state index contributed by atoms with van der Waals surface area (Å²) in [7, 11) is 0. The lowest BCUT2D eigenvalue weighted by atomic mass is 10.2. The first-order valence-corrected chi connectivity index (χ1v) is 7.01. The van der Waals surface area contributed by atoms with Crippen LogP contribution in [0, 0.1) is 0 Å². The Labute approximate surface area is 104 Å². The molecule has 2 atom stereocenters. The van der Waals surface area contributed by atoms with Crippen molar-refractivity contribution in [3.63, 3.8) is 0 Å². The van der Waals surface area contributed by atoms with E-state index < -0.39 is 6.10 Å². The lowest BCUT2D eigenvalue weighted by Gasteiger charge is -2.15. The second kappa shape index (κ2) is 5.59. The molecule has 0 fully saturated rings. The summed E-state index contributed by atoms with van der Waals surface area (Å²) >= 11 is 3.33. The molecule has 0 aliphatic heterocycles. The third kappa shape index (κ3) is 2.92. The van der Waals surface area contributed by atoms with Crippen LogP contribution in [0.4, 0.5) is 0 Å². The maximum absolute atomic E-state index is 9.91. The van der Waals surface area contributed by atoms with Crippen molar-refractivity contribution in [2.75, 3.05) is 6.54 Å². The fraction of sp³-hybridized carbons (Fsp3) is 0.333. The number of nitrogens with one attached hydrogen (secondary N) is 1. The van der Waals surface area contributed by atoms with E-state index in [1.165, 1.54) is 4.88 Å². The molecule has 0 radical (unpaired) electrons. The highest BCUT2D eigenvalue weighted by Gasteiger charge is 2.11. The maximum atomic E-state index is 9.91. The molecule has 0 aliphatic carbocycles. The molecule has 0 spiro atoms. The van der Waals surface area contributed by atoms with E-state index >= 15 is 0 Å². The number of hydrogen-bond acceptors (Lipinski definition) is 4. The molecule has 0 aliphatic rings. The minimum atomic E-state index is -0.401. The summed E-state index contributed by atoms with van der Waals surface area (Å²) in [5.41, 5.74) is 0. The summed E-state index contributed by atoms with van der Waals surface area (Å²) in [6.45, 7) is 2.71. The predicted octanol–water partition coefficient (Wildman–Crippen LogP) is 3.19. The van der Waals surface area contributed by atoms with E-state index in [-0.39, 0.29) is 0 Å². The highest BCUT2D eigenvalue weighted by Crippen LogP contribution is 2.21. The van der Waals surface area contributed by atoms with Crippen LogP contribution in [0.2, 0.25) is 0 Å². The van der Waals surface area contributed by atoms with E-state index in [0.717, 1.165) is 4.88 Å². The standard InChI is InChI=1S/C12H15NOS2/c1-9(11-4-2-6-15-11)13-8-10(14)12-5-3-7-16-12/h2-7,9-10,13-14H,8H2,1H3/t9-,10?/m0/s1. The molecule has 16 heavy (non-hydrogen) atoms. The van der Waals surface area contributed by atoms with Gasteiger partial charge in [0, 0.05) is 22.3 Å². The second-order valence-electron chi connectivity index (χ2n) is 3.68. The van der Waals surface area contributed by atoms with Crippen molar-refractivity contribution >= 4 is 22.7 Å². The van der Waals surface area contributed by atoms with Gasteiger partial charge in [-0.25, -0.2) is 0 Å². The van der Waals surface area contributed by atoms with Crippen molar-refractivity contribution in [2.45, 2.75) is 19.1 Å². The molecular weight excluding hydrogens is 238 g/mol. The Morgan fingerprint density at radius 2 is 1.81 bits per heavy atom. The Hall–Kier alpha value is -0.680. The average Bonchev–Trinajstić information content (AvgIpc) is 2.95. The SMILES string of the molecule is C[C@H](NCC(O)c1cccs1)c1cccs1. The molecule has 2 heterocycles. The van der Waals surface area contributed by atoms with Crippen LogP contribution in [0.25, 0.3) is 0 Å². The molecule has 0 saturated heterocycles. The summed E-state index contributed by atoms with van der Waals surface area (Å²) in [6, 6.07) is 8.39. The Morgan fingerprint density at radius 3 is 2.38 bits per heavy atom. The number of rotatable bonds is 5. The van der Waals surface area contributed by atoms with Crippen molar-refractivity contribution < 1.29 is 5.11 Å². The number of thiophene rings is 2. The van der Waals surface area contributed by atoms with E-state index in [9.17, 15) is 5.11 Å². The van der Waals surface area contributed by atoms with Gasteiger partial charge in [0.1, 0.15) is 6.10 Å². The average molecular weight is 253 g/mol. The van der Waals surface area contributed by atoms with Crippen LogP contribution < -0.4 is 5.32 Å². The van der Waals surface area contributed by atoms with Crippen LogP contribution in [-0.2, 0) is 0 Å². The zero-order valence-electron chi connectivity index (χ0n) is 9.09. The van der Waals surface area contributed by atoms with Gasteiger partial charge >= 0.3 is 0 Å². The van der Waals surface area contributed by atoms with Crippen LogP contribution in [0.15, 0.2) is 35.0 Å². The normalized spacial score (nSPS) is 14.9. The molecule has 0 amide bonds. The summed E-state index contributed by atoms with van der Waals surface area (Å²) < 4.78 is 0. The summed E-state index contributed by atoms with van der Waals surface area (Å²) in [5.74, 6) is 0. The lowest BCUT2D eigenvalue weighted by Crippen LogP contribution is -2.23. The van der Waals surface area contributed by atoms with Crippen molar-refractivity contribution in [1.29, 1.82) is 0 Å². The van der Waals surface area contributed by atoms with E-state index in [0.29, 0.717) is 12.6 Å². The molecule has 86 valence electrons. The van der Waals surface area contributed by atoms with Crippen molar-refractivity contribution in [1.82, 2.24) is 5.32 Å². The van der Waals surface area contributed by atoms with Crippen molar-refractivity contribution in [2.24, 2.45) is 0 Å². The smallest absolute Gasteiger partial charge is 0.101 e. The molecule has 2 rings (SSSR count). The molecule has 4 heteroatoms. The molecule has 0 aromatic carbocycles. The van der Waals surface area contributed by atoms with Crippen LogP contribution in [0.3, 0.4) is 0 Å². The highest BCUT2D eigenvalue weighted by molar-refractivity contribution is 7.10. The molecule has 2 aromatic heterocycles. The van der Waals surface area contributed by atoms with Crippen molar-refractivity contribution in [3.05, 3.63) is 44.8 Å². The van der Waals surface area contributed by atoms with Gasteiger partial charge in [-0.2, -0.15) is 0 Å². The van der Waals surface area contributed by atoms with E-state index in [1.807, 2.05) is 23.6 Å². The maximum Gasteiger partial charge on any atom is 0.101 e. The third-order valence-electron chi connectivity index (χ3n) is 2.46. The monoisotopic (exact) mass is 253 g/mol. The largest absolute Gasteiger partial charge is 0.386 e. The molecular formula is C12H15NOS2. The number of aliphatic hydroxyl groups is 1. The quantitative estimate of drug-likeness (QED) is 0.857. The fourth-order valence-corrected chi connectivity index (χ4v) is 2.98. The van der Waals surface area contributed by atoms with Gasteiger partial charge in [0.15, 0.2) is 0 Å². The van der Waals surface area contributed by atoms with Gasteiger partial charge in [-0.15, -0.1) is 22.7 Å². The Bertz CT molecular complexity index is 356. The van der Waals surface area contributed by atoms with Crippen molar-refractivity contribution in [3.8, 4) is 0 Å². The molecule has 2 N–H and O–H groups in total. The molecule has 1 unspecified atom stereocenters. The van der Waals surface area contributed by atoms with Crippen LogP contribution in [0.5, 0.6) is 0 Å². The Morgan fingerprint density at radius 1 is 1.19 bits per heavy atom. The minimum Gasteiger partial charge on any atom is -0.386 e. The predicted molar refractivity (Wildman–Crippen MR) is 70.0 cm³/mol. The van der Waals surface area contributed by atoms with Crippen LogP contribution >= 0.6 is 22.7 Å². The molecule has 0 saturated carbocycles. The lowest BCUT2D eigenvalue weighted by molar-refractivity contribution is 0.174. The summed E-state index contributed by atoms with van der Waals surface area (Å²) in [4.78, 5) is 2.32. The second-order valence-corrected chi connectivity index (χ2v) is 5.64. The topological polar surface area (TPSA) is 32.3 Å². The number of hydrogen-bond donors (Lipinski definition) is 2. The summed E-state index contributed by atoms with van der Waals surface area (Å²) in [6.07, 6.45) is -0.401. The van der Waals surface area contributed by atoms with Gasteiger partial charge in [-0.1, -0.05) is 12.1 Å². The van der Waals surface area contributed by atoms with Gasteiger partial charge in [-0.3, -0.25) is 0 Å². The van der Waals surface area contributed by atoms with Crippen LogP contribution in [0.1, 0.15) is 28.8 Å². The van der Waals surface area contributed by atoms with E-state index in [4.69, 9.17) is 0 Å². The minimum absolute atomic E-state index is 0.301. The third-order valence-corrected chi connectivity index (χ3v) is 4.49. The zero-order chi connectivity index (χ0) is 11.4. The van der Waals surface area contributed by atoms with E-state index in [1.54, 1.807) is 22.7 Å². The molecule has 0 bridgehead atoms. The zero-order valence-corrected chi connectivity index (χ0v) is 10.7. The van der Waals surface area contributed by atoms with E-state index in [2.05, 4.69) is 23.7 Å². The molecule has 2 nitrogen and oxygen atoms in total. The van der Waals surface area contributed by atoms with Gasteiger partial charge in [0.05, 0.1) is 0 Å². The van der Waals surface area contributed by atoms with Gasteiger partial charge in [0.25, 0.3) is 0 Å². The highest BCUT2D eigenvalue weighted by atomic mass is 32.1. The first kappa shape index (κ1) is 11.8. The first-order chi connectivity index (χ1) is 7.77. The van der Waals surface area contributed by atoms with Gasteiger partial charge in [0.2, 0.25) is 0 Å². The van der Waals surface area contributed by atoms with Gasteiger partial charge < -0.3 is 10.4 Å². The summed E-state index contributed by atoms with van der Waals surface area (Å²) in [5, 5.41) is 17.3.